The van der Waals surface area contributed by atoms with E-state index in [9.17, 15) is 4.79 Å². The SMILES string of the molecule is NCC1CCN(C(=O)C2CCCOC2c2ccccc2)CC1. The number of carbonyl (C=O) groups excluding carboxylic acids is 1. The number of hydrogen-bond donors (Lipinski definition) is 1. The summed E-state index contributed by atoms with van der Waals surface area (Å²) in [6, 6.07) is 10.2. The van der Waals surface area contributed by atoms with E-state index in [4.69, 9.17) is 10.5 Å². The zero-order valence-corrected chi connectivity index (χ0v) is 13.1. The highest BCUT2D eigenvalue weighted by Gasteiger charge is 2.36. The molecule has 0 bridgehead atoms. The van der Waals surface area contributed by atoms with Crippen molar-refractivity contribution in [1.82, 2.24) is 4.90 Å². The number of nitrogens with two attached hydrogens (primary N) is 1. The van der Waals surface area contributed by atoms with Gasteiger partial charge in [0.15, 0.2) is 0 Å². The molecule has 4 nitrogen and oxygen atoms in total. The van der Waals surface area contributed by atoms with E-state index < -0.39 is 0 Å². The van der Waals surface area contributed by atoms with E-state index in [1.165, 1.54) is 0 Å². The molecule has 120 valence electrons. The van der Waals surface area contributed by atoms with Crippen LogP contribution >= 0.6 is 0 Å². The van der Waals surface area contributed by atoms with Gasteiger partial charge in [-0.3, -0.25) is 4.79 Å². The Morgan fingerprint density at radius 3 is 2.59 bits per heavy atom. The number of piperidine rings is 1. The summed E-state index contributed by atoms with van der Waals surface area (Å²) < 4.78 is 5.96. The molecule has 22 heavy (non-hydrogen) atoms. The molecule has 0 spiro atoms. The van der Waals surface area contributed by atoms with Gasteiger partial charge in [0, 0.05) is 19.7 Å². The number of hydrogen-bond acceptors (Lipinski definition) is 3. The van der Waals surface area contributed by atoms with Crippen molar-refractivity contribution in [2.45, 2.75) is 31.8 Å². The maximum atomic E-state index is 12.9. The van der Waals surface area contributed by atoms with Gasteiger partial charge in [0.25, 0.3) is 0 Å². The van der Waals surface area contributed by atoms with Crippen LogP contribution in [0.4, 0.5) is 0 Å². The van der Waals surface area contributed by atoms with Crippen molar-refractivity contribution < 1.29 is 9.53 Å². The van der Waals surface area contributed by atoms with Gasteiger partial charge >= 0.3 is 0 Å². The van der Waals surface area contributed by atoms with Gasteiger partial charge in [-0.25, -0.2) is 0 Å². The molecule has 3 rings (SSSR count). The first-order chi connectivity index (χ1) is 10.8. The summed E-state index contributed by atoms with van der Waals surface area (Å²) in [6.07, 6.45) is 3.88. The average Bonchev–Trinajstić information content (AvgIpc) is 2.62. The molecule has 1 aromatic rings. The van der Waals surface area contributed by atoms with E-state index in [0.717, 1.165) is 57.5 Å². The van der Waals surface area contributed by atoms with E-state index in [0.29, 0.717) is 5.92 Å². The van der Waals surface area contributed by atoms with Crippen LogP contribution in [-0.2, 0) is 9.53 Å². The molecule has 0 radical (unpaired) electrons. The van der Waals surface area contributed by atoms with Crippen LogP contribution in [0.3, 0.4) is 0 Å². The summed E-state index contributed by atoms with van der Waals surface area (Å²) in [7, 11) is 0. The van der Waals surface area contributed by atoms with E-state index in [1.54, 1.807) is 0 Å². The Bertz CT molecular complexity index is 483. The van der Waals surface area contributed by atoms with Crippen LogP contribution in [-0.4, -0.2) is 37.0 Å². The molecule has 0 saturated carbocycles. The Labute approximate surface area is 132 Å². The molecule has 1 aromatic carbocycles. The summed E-state index contributed by atoms with van der Waals surface area (Å²) >= 11 is 0. The van der Waals surface area contributed by atoms with E-state index in [2.05, 4.69) is 12.1 Å². The third-order valence-electron chi connectivity index (χ3n) is 5.03. The highest BCUT2D eigenvalue weighted by molar-refractivity contribution is 5.80. The second kappa shape index (κ2) is 7.25. The molecule has 4 heteroatoms. The monoisotopic (exact) mass is 302 g/mol. The summed E-state index contributed by atoms with van der Waals surface area (Å²) in [5.74, 6) is 0.811. The van der Waals surface area contributed by atoms with Crippen molar-refractivity contribution in [3.05, 3.63) is 35.9 Å². The molecule has 2 saturated heterocycles. The first-order valence-electron chi connectivity index (χ1n) is 8.45. The lowest BCUT2D eigenvalue weighted by Gasteiger charge is -2.38. The Hall–Kier alpha value is -1.39. The highest BCUT2D eigenvalue weighted by atomic mass is 16.5. The van der Waals surface area contributed by atoms with Crippen molar-refractivity contribution in [1.29, 1.82) is 0 Å². The van der Waals surface area contributed by atoms with Crippen molar-refractivity contribution >= 4 is 5.91 Å². The van der Waals surface area contributed by atoms with Crippen molar-refractivity contribution in [3.63, 3.8) is 0 Å². The molecular formula is C18H26N2O2. The first-order valence-corrected chi connectivity index (χ1v) is 8.45. The summed E-state index contributed by atoms with van der Waals surface area (Å²) in [5, 5.41) is 0. The van der Waals surface area contributed by atoms with Gasteiger partial charge in [-0.1, -0.05) is 30.3 Å². The number of benzene rings is 1. The molecule has 0 aromatic heterocycles. The number of rotatable bonds is 3. The zero-order chi connectivity index (χ0) is 15.4. The van der Waals surface area contributed by atoms with Crippen LogP contribution in [0.5, 0.6) is 0 Å². The fourth-order valence-corrected chi connectivity index (χ4v) is 3.63. The minimum Gasteiger partial charge on any atom is -0.373 e. The Morgan fingerprint density at radius 1 is 1.18 bits per heavy atom. The second-order valence-electron chi connectivity index (χ2n) is 6.46. The number of nitrogens with zero attached hydrogens (tertiary/aromatic N) is 1. The predicted octanol–water partition coefficient (Wildman–Crippen LogP) is 2.35. The van der Waals surface area contributed by atoms with E-state index in [-0.39, 0.29) is 17.9 Å². The normalized spacial score (nSPS) is 26.9. The highest BCUT2D eigenvalue weighted by Crippen LogP contribution is 2.35. The number of likely N-dealkylation sites (tertiary alicyclic amines) is 1. The molecule has 2 fully saturated rings. The van der Waals surface area contributed by atoms with Crippen LogP contribution in [0, 0.1) is 11.8 Å². The molecule has 2 N–H and O–H groups in total. The number of carbonyl (C=O) groups is 1. The van der Waals surface area contributed by atoms with Gasteiger partial charge in [-0.05, 0) is 43.7 Å². The van der Waals surface area contributed by atoms with Crippen LogP contribution < -0.4 is 5.73 Å². The van der Waals surface area contributed by atoms with Crippen molar-refractivity contribution in [2.75, 3.05) is 26.2 Å². The van der Waals surface area contributed by atoms with Gasteiger partial charge in [0.1, 0.15) is 0 Å². The zero-order valence-electron chi connectivity index (χ0n) is 13.1. The lowest BCUT2D eigenvalue weighted by atomic mass is 9.87. The number of amides is 1. The number of ether oxygens (including phenoxy) is 1. The Kier molecular flexibility index (Phi) is 5.11. The molecule has 2 aliphatic heterocycles. The minimum absolute atomic E-state index is 0.0365. The van der Waals surface area contributed by atoms with Gasteiger partial charge in [-0.15, -0.1) is 0 Å². The second-order valence-corrected chi connectivity index (χ2v) is 6.46. The predicted molar refractivity (Wildman–Crippen MR) is 86.2 cm³/mol. The smallest absolute Gasteiger partial charge is 0.228 e. The third kappa shape index (κ3) is 3.33. The lowest BCUT2D eigenvalue weighted by Crippen LogP contribution is -2.45. The fourth-order valence-electron chi connectivity index (χ4n) is 3.63. The fraction of sp³-hybridized carbons (Fsp3) is 0.611. The van der Waals surface area contributed by atoms with Gasteiger partial charge in [0.2, 0.25) is 5.91 Å². The van der Waals surface area contributed by atoms with Crippen molar-refractivity contribution in [2.24, 2.45) is 17.6 Å². The molecule has 1 amide bonds. The quantitative estimate of drug-likeness (QED) is 0.932. The minimum atomic E-state index is -0.0883. The van der Waals surface area contributed by atoms with E-state index >= 15 is 0 Å². The molecule has 2 heterocycles. The third-order valence-corrected chi connectivity index (χ3v) is 5.03. The first kappa shape index (κ1) is 15.5. The van der Waals surface area contributed by atoms with Crippen molar-refractivity contribution in [3.8, 4) is 0 Å². The van der Waals surface area contributed by atoms with Gasteiger partial charge in [-0.2, -0.15) is 0 Å². The molecular weight excluding hydrogens is 276 g/mol. The Morgan fingerprint density at radius 2 is 1.91 bits per heavy atom. The molecule has 0 aliphatic carbocycles. The summed E-state index contributed by atoms with van der Waals surface area (Å²) in [5.41, 5.74) is 6.86. The van der Waals surface area contributed by atoms with E-state index in [1.807, 2.05) is 23.1 Å². The van der Waals surface area contributed by atoms with Gasteiger partial charge in [0.05, 0.1) is 12.0 Å². The van der Waals surface area contributed by atoms with Crippen LogP contribution in [0.25, 0.3) is 0 Å². The standard InChI is InChI=1S/C18H26N2O2/c19-13-14-8-10-20(11-9-14)18(21)16-7-4-12-22-17(16)15-5-2-1-3-6-15/h1-3,5-6,14,16-17H,4,7-13,19H2. The molecule has 2 atom stereocenters. The van der Waals surface area contributed by atoms with Crippen LogP contribution in [0.15, 0.2) is 30.3 Å². The van der Waals surface area contributed by atoms with Crippen LogP contribution in [0.1, 0.15) is 37.4 Å². The molecule has 2 unspecified atom stereocenters. The average molecular weight is 302 g/mol. The molecule has 2 aliphatic rings. The lowest BCUT2D eigenvalue weighted by molar-refractivity contribution is -0.146. The largest absolute Gasteiger partial charge is 0.373 e. The topological polar surface area (TPSA) is 55.6 Å². The summed E-state index contributed by atoms with van der Waals surface area (Å²) in [6.45, 7) is 3.18. The summed E-state index contributed by atoms with van der Waals surface area (Å²) in [4.78, 5) is 15.0. The maximum absolute atomic E-state index is 12.9. The van der Waals surface area contributed by atoms with Crippen LogP contribution in [0.2, 0.25) is 0 Å². The Balaban J connectivity index is 1.69. The van der Waals surface area contributed by atoms with Gasteiger partial charge < -0.3 is 15.4 Å². The maximum Gasteiger partial charge on any atom is 0.228 e.